The third-order valence-corrected chi connectivity index (χ3v) is 3.80. The van der Waals surface area contributed by atoms with Crippen LogP contribution in [0.2, 0.25) is 0 Å². The molecule has 0 heterocycles. The van der Waals surface area contributed by atoms with Gasteiger partial charge in [-0.1, -0.05) is 43.3 Å². The van der Waals surface area contributed by atoms with Gasteiger partial charge < -0.3 is 10.1 Å². The van der Waals surface area contributed by atoms with Crippen molar-refractivity contribution in [2.75, 3.05) is 6.61 Å². The van der Waals surface area contributed by atoms with Crippen LogP contribution in [0.25, 0.3) is 0 Å². The minimum Gasteiger partial charge on any atom is -0.494 e. The molecule has 1 unspecified atom stereocenters. The van der Waals surface area contributed by atoms with E-state index in [0.29, 0.717) is 12.6 Å². The second-order valence-electron chi connectivity index (χ2n) is 5.27. The lowest BCUT2D eigenvalue weighted by molar-refractivity contribution is 0.340. The van der Waals surface area contributed by atoms with E-state index in [1.165, 1.54) is 16.7 Å². The normalized spacial score (nSPS) is 12.1. The highest BCUT2D eigenvalue weighted by atomic mass is 16.5. The second-order valence-corrected chi connectivity index (χ2v) is 5.27. The molecule has 1 atom stereocenters. The van der Waals surface area contributed by atoms with E-state index >= 15 is 0 Å². The summed E-state index contributed by atoms with van der Waals surface area (Å²) < 4.78 is 5.50. The minimum absolute atomic E-state index is 0.375. The van der Waals surface area contributed by atoms with Crippen molar-refractivity contribution in [1.29, 1.82) is 0 Å². The molecule has 0 spiro atoms. The Morgan fingerprint density at radius 3 is 2.33 bits per heavy atom. The van der Waals surface area contributed by atoms with Crippen molar-refractivity contribution in [1.82, 2.24) is 5.32 Å². The topological polar surface area (TPSA) is 21.3 Å². The SMILES string of the molecule is CCOc1ccc(C(CC)NCc2ccccc2C)cc1. The summed E-state index contributed by atoms with van der Waals surface area (Å²) in [6.07, 6.45) is 1.07. The number of hydrogen-bond acceptors (Lipinski definition) is 2. The lowest BCUT2D eigenvalue weighted by atomic mass is 10.0. The zero-order chi connectivity index (χ0) is 15.1. The van der Waals surface area contributed by atoms with Crippen LogP contribution in [0.4, 0.5) is 0 Å². The molecular formula is C19H25NO. The molecule has 1 N–H and O–H groups in total. The summed E-state index contributed by atoms with van der Waals surface area (Å²) in [6.45, 7) is 7.99. The molecule has 2 rings (SSSR count). The summed E-state index contributed by atoms with van der Waals surface area (Å²) in [5.41, 5.74) is 4.02. The molecular weight excluding hydrogens is 258 g/mol. The van der Waals surface area contributed by atoms with Crippen molar-refractivity contribution in [3.8, 4) is 5.75 Å². The van der Waals surface area contributed by atoms with Crippen LogP contribution in [0, 0.1) is 6.92 Å². The van der Waals surface area contributed by atoms with E-state index in [1.807, 2.05) is 6.92 Å². The third-order valence-electron chi connectivity index (χ3n) is 3.80. The van der Waals surface area contributed by atoms with Crippen LogP contribution >= 0.6 is 0 Å². The van der Waals surface area contributed by atoms with Gasteiger partial charge in [0.2, 0.25) is 0 Å². The molecule has 112 valence electrons. The number of benzene rings is 2. The summed E-state index contributed by atoms with van der Waals surface area (Å²) >= 11 is 0. The van der Waals surface area contributed by atoms with Crippen LogP contribution in [0.5, 0.6) is 5.75 Å². The minimum atomic E-state index is 0.375. The smallest absolute Gasteiger partial charge is 0.119 e. The number of nitrogens with one attached hydrogen (secondary N) is 1. The van der Waals surface area contributed by atoms with Crippen LogP contribution in [0.15, 0.2) is 48.5 Å². The fourth-order valence-electron chi connectivity index (χ4n) is 2.50. The maximum Gasteiger partial charge on any atom is 0.119 e. The van der Waals surface area contributed by atoms with E-state index < -0.39 is 0 Å². The fraction of sp³-hybridized carbons (Fsp3) is 0.368. The highest BCUT2D eigenvalue weighted by molar-refractivity contribution is 5.30. The molecule has 0 aliphatic carbocycles. The lowest BCUT2D eigenvalue weighted by Gasteiger charge is -2.18. The van der Waals surface area contributed by atoms with E-state index in [4.69, 9.17) is 4.74 Å². The first-order valence-corrected chi connectivity index (χ1v) is 7.75. The van der Waals surface area contributed by atoms with Crippen LogP contribution in [0.3, 0.4) is 0 Å². The van der Waals surface area contributed by atoms with Crippen LogP contribution in [-0.2, 0) is 6.54 Å². The van der Waals surface area contributed by atoms with Crippen molar-refractivity contribution in [2.24, 2.45) is 0 Å². The van der Waals surface area contributed by atoms with Gasteiger partial charge in [-0.05, 0) is 49.1 Å². The Balaban J connectivity index is 2.01. The summed E-state index contributed by atoms with van der Waals surface area (Å²) in [4.78, 5) is 0. The highest BCUT2D eigenvalue weighted by Gasteiger charge is 2.09. The Labute approximate surface area is 128 Å². The molecule has 0 saturated carbocycles. The van der Waals surface area contributed by atoms with Crippen molar-refractivity contribution < 1.29 is 4.74 Å². The molecule has 0 aliphatic heterocycles. The van der Waals surface area contributed by atoms with Crippen molar-refractivity contribution >= 4 is 0 Å². The monoisotopic (exact) mass is 283 g/mol. The standard InChI is InChI=1S/C19H25NO/c1-4-19(16-10-12-18(13-11-16)21-5-2)20-14-17-9-7-6-8-15(17)3/h6-13,19-20H,4-5,14H2,1-3H3. The lowest BCUT2D eigenvalue weighted by Crippen LogP contribution is -2.20. The Kier molecular flexibility index (Phi) is 5.82. The second kappa shape index (κ2) is 7.84. The first-order valence-electron chi connectivity index (χ1n) is 7.75. The summed E-state index contributed by atoms with van der Waals surface area (Å²) in [5, 5.41) is 3.65. The van der Waals surface area contributed by atoms with Crippen LogP contribution in [-0.4, -0.2) is 6.61 Å². The predicted molar refractivity (Wildman–Crippen MR) is 88.7 cm³/mol. The van der Waals surface area contributed by atoms with E-state index in [2.05, 4.69) is 67.7 Å². The van der Waals surface area contributed by atoms with E-state index in [9.17, 15) is 0 Å². The van der Waals surface area contributed by atoms with Crippen LogP contribution < -0.4 is 10.1 Å². The fourth-order valence-corrected chi connectivity index (χ4v) is 2.50. The van der Waals surface area contributed by atoms with Gasteiger partial charge in [-0.25, -0.2) is 0 Å². The largest absolute Gasteiger partial charge is 0.494 e. The van der Waals surface area contributed by atoms with Gasteiger partial charge in [0.15, 0.2) is 0 Å². The van der Waals surface area contributed by atoms with Gasteiger partial charge in [0.25, 0.3) is 0 Å². The van der Waals surface area contributed by atoms with Crippen molar-refractivity contribution in [3.63, 3.8) is 0 Å². The van der Waals surface area contributed by atoms with Gasteiger partial charge in [-0.15, -0.1) is 0 Å². The van der Waals surface area contributed by atoms with Gasteiger partial charge in [-0.3, -0.25) is 0 Å². The maximum atomic E-state index is 5.50. The Bertz CT molecular complexity index is 548. The summed E-state index contributed by atoms with van der Waals surface area (Å²) in [6, 6.07) is 17.3. The molecule has 2 aromatic carbocycles. The number of hydrogen-bond donors (Lipinski definition) is 1. The average molecular weight is 283 g/mol. The molecule has 2 aromatic rings. The Morgan fingerprint density at radius 1 is 1.00 bits per heavy atom. The summed E-state index contributed by atoms with van der Waals surface area (Å²) in [5.74, 6) is 0.940. The number of rotatable bonds is 7. The summed E-state index contributed by atoms with van der Waals surface area (Å²) in [7, 11) is 0. The third kappa shape index (κ3) is 4.33. The molecule has 0 fully saturated rings. The van der Waals surface area contributed by atoms with Gasteiger partial charge in [0.05, 0.1) is 6.61 Å². The molecule has 2 heteroatoms. The van der Waals surface area contributed by atoms with Crippen molar-refractivity contribution in [2.45, 2.75) is 39.8 Å². The Morgan fingerprint density at radius 2 is 1.71 bits per heavy atom. The van der Waals surface area contributed by atoms with Crippen LogP contribution in [0.1, 0.15) is 43.0 Å². The molecule has 0 saturated heterocycles. The zero-order valence-corrected chi connectivity index (χ0v) is 13.2. The molecule has 0 bridgehead atoms. The molecule has 0 radical (unpaired) electrons. The molecule has 2 nitrogen and oxygen atoms in total. The average Bonchev–Trinajstić information content (AvgIpc) is 2.51. The van der Waals surface area contributed by atoms with E-state index in [1.54, 1.807) is 0 Å². The van der Waals surface area contributed by atoms with E-state index in [0.717, 1.165) is 18.7 Å². The van der Waals surface area contributed by atoms with E-state index in [-0.39, 0.29) is 0 Å². The molecule has 0 aromatic heterocycles. The van der Waals surface area contributed by atoms with Gasteiger partial charge in [0.1, 0.15) is 5.75 Å². The van der Waals surface area contributed by atoms with Crippen molar-refractivity contribution in [3.05, 3.63) is 65.2 Å². The molecule has 21 heavy (non-hydrogen) atoms. The highest BCUT2D eigenvalue weighted by Crippen LogP contribution is 2.21. The number of ether oxygens (including phenoxy) is 1. The first kappa shape index (κ1) is 15.6. The number of aryl methyl sites for hydroxylation is 1. The zero-order valence-electron chi connectivity index (χ0n) is 13.2. The predicted octanol–water partition coefficient (Wildman–Crippen LogP) is 4.63. The Hall–Kier alpha value is -1.80. The molecule has 0 aliphatic rings. The first-order chi connectivity index (χ1) is 10.2. The van der Waals surface area contributed by atoms with Gasteiger partial charge in [0, 0.05) is 12.6 Å². The molecule has 0 amide bonds. The maximum absolute atomic E-state index is 5.50. The van der Waals surface area contributed by atoms with Gasteiger partial charge in [-0.2, -0.15) is 0 Å². The quantitative estimate of drug-likeness (QED) is 0.799. The van der Waals surface area contributed by atoms with Gasteiger partial charge >= 0.3 is 0 Å².